The zero-order valence-corrected chi connectivity index (χ0v) is 9.03. The summed E-state index contributed by atoms with van der Waals surface area (Å²) in [4.78, 5) is 14.0. The Balaban J connectivity index is 1.89. The van der Waals surface area contributed by atoms with Crippen LogP contribution in [0.15, 0.2) is 0 Å². The normalized spacial score (nSPS) is 30.1. The second kappa shape index (κ2) is 3.89. The molecule has 1 aliphatic heterocycles. The molecule has 2 atom stereocenters. The monoisotopic (exact) mass is 197 g/mol. The molecule has 2 fully saturated rings. The molecular formula is C11H19NO2. The summed E-state index contributed by atoms with van der Waals surface area (Å²) in [5.74, 6) is 1.24. The summed E-state index contributed by atoms with van der Waals surface area (Å²) in [6.07, 6.45) is 2.69. The molecule has 2 rings (SSSR count). The van der Waals surface area contributed by atoms with Crippen molar-refractivity contribution >= 4 is 5.91 Å². The van der Waals surface area contributed by atoms with Crippen molar-refractivity contribution in [2.75, 3.05) is 19.7 Å². The molecule has 0 aromatic carbocycles. The number of hydrogen-bond donors (Lipinski definition) is 0. The van der Waals surface area contributed by atoms with Gasteiger partial charge in [-0.2, -0.15) is 0 Å². The summed E-state index contributed by atoms with van der Waals surface area (Å²) < 4.78 is 5.42. The van der Waals surface area contributed by atoms with Crippen molar-refractivity contribution in [3.8, 4) is 0 Å². The van der Waals surface area contributed by atoms with Crippen molar-refractivity contribution in [1.29, 1.82) is 0 Å². The molecule has 0 aromatic heterocycles. The molecule has 2 unspecified atom stereocenters. The standard InChI is InChI=1S/C11H19NO2/c1-8-7-12(5-6-14-8)11(13)9(2)10-3-4-10/h8-10H,3-7H2,1-2H3. The lowest BCUT2D eigenvalue weighted by molar-refractivity contribution is -0.142. The lowest BCUT2D eigenvalue weighted by Gasteiger charge is -2.33. The highest BCUT2D eigenvalue weighted by Crippen LogP contribution is 2.37. The zero-order valence-electron chi connectivity index (χ0n) is 9.03. The highest BCUT2D eigenvalue weighted by atomic mass is 16.5. The Labute approximate surface area is 85.4 Å². The van der Waals surface area contributed by atoms with Crippen LogP contribution in [0.5, 0.6) is 0 Å². The number of carbonyl (C=O) groups is 1. The van der Waals surface area contributed by atoms with Gasteiger partial charge in [-0.3, -0.25) is 4.79 Å². The Hall–Kier alpha value is -0.570. The molecule has 14 heavy (non-hydrogen) atoms. The summed E-state index contributed by atoms with van der Waals surface area (Å²) in [5, 5.41) is 0. The molecule has 80 valence electrons. The first-order valence-electron chi connectivity index (χ1n) is 5.59. The maximum absolute atomic E-state index is 12.0. The van der Waals surface area contributed by atoms with Crippen LogP contribution in [0.4, 0.5) is 0 Å². The van der Waals surface area contributed by atoms with Crippen LogP contribution in [0.1, 0.15) is 26.7 Å². The number of carbonyl (C=O) groups excluding carboxylic acids is 1. The van der Waals surface area contributed by atoms with E-state index in [2.05, 4.69) is 6.92 Å². The fourth-order valence-electron chi connectivity index (χ4n) is 2.10. The van der Waals surface area contributed by atoms with Crippen LogP contribution in [0, 0.1) is 11.8 Å². The Morgan fingerprint density at radius 2 is 2.21 bits per heavy atom. The van der Waals surface area contributed by atoms with E-state index < -0.39 is 0 Å². The molecule has 1 amide bonds. The molecule has 1 saturated carbocycles. The number of morpholine rings is 1. The fraction of sp³-hybridized carbons (Fsp3) is 0.909. The van der Waals surface area contributed by atoms with Gasteiger partial charge in [-0.1, -0.05) is 6.92 Å². The molecule has 0 spiro atoms. The van der Waals surface area contributed by atoms with Gasteiger partial charge in [0.2, 0.25) is 5.91 Å². The van der Waals surface area contributed by atoms with E-state index in [4.69, 9.17) is 4.74 Å². The first-order valence-corrected chi connectivity index (χ1v) is 5.59. The third kappa shape index (κ3) is 2.08. The minimum atomic E-state index is 0.208. The van der Waals surface area contributed by atoms with E-state index in [0.29, 0.717) is 18.4 Å². The van der Waals surface area contributed by atoms with Gasteiger partial charge in [0, 0.05) is 19.0 Å². The Morgan fingerprint density at radius 1 is 1.50 bits per heavy atom. The van der Waals surface area contributed by atoms with Crippen molar-refractivity contribution in [2.24, 2.45) is 11.8 Å². The smallest absolute Gasteiger partial charge is 0.225 e. The summed E-state index contributed by atoms with van der Waals surface area (Å²) in [7, 11) is 0. The highest BCUT2D eigenvalue weighted by molar-refractivity contribution is 5.79. The van der Waals surface area contributed by atoms with Crippen LogP contribution in [-0.4, -0.2) is 36.6 Å². The molecule has 0 radical (unpaired) electrons. The molecule has 1 heterocycles. The van der Waals surface area contributed by atoms with Crippen LogP contribution in [0.25, 0.3) is 0 Å². The van der Waals surface area contributed by atoms with E-state index >= 15 is 0 Å². The largest absolute Gasteiger partial charge is 0.375 e. The van der Waals surface area contributed by atoms with Gasteiger partial charge in [-0.15, -0.1) is 0 Å². The summed E-state index contributed by atoms with van der Waals surface area (Å²) >= 11 is 0. The predicted octanol–water partition coefficient (Wildman–Crippen LogP) is 1.28. The second-order valence-corrected chi connectivity index (χ2v) is 4.59. The van der Waals surface area contributed by atoms with Crippen molar-refractivity contribution in [3.63, 3.8) is 0 Å². The Morgan fingerprint density at radius 3 is 2.79 bits per heavy atom. The quantitative estimate of drug-likeness (QED) is 0.667. The minimum absolute atomic E-state index is 0.208. The molecule has 0 N–H and O–H groups in total. The molecule has 1 saturated heterocycles. The summed E-state index contributed by atoms with van der Waals surface area (Å²) in [6.45, 7) is 6.35. The summed E-state index contributed by atoms with van der Waals surface area (Å²) in [6, 6.07) is 0. The van der Waals surface area contributed by atoms with E-state index in [-0.39, 0.29) is 12.0 Å². The topological polar surface area (TPSA) is 29.5 Å². The van der Waals surface area contributed by atoms with Crippen LogP contribution < -0.4 is 0 Å². The SMILES string of the molecule is CC1CN(C(=O)C(C)C2CC2)CCO1. The van der Waals surface area contributed by atoms with Crippen LogP contribution in [-0.2, 0) is 9.53 Å². The van der Waals surface area contributed by atoms with Gasteiger partial charge in [-0.25, -0.2) is 0 Å². The van der Waals surface area contributed by atoms with Gasteiger partial charge in [-0.05, 0) is 25.7 Å². The van der Waals surface area contributed by atoms with Gasteiger partial charge >= 0.3 is 0 Å². The third-order valence-corrected chi connectivity index (χ3v) is 3.27. The average molecular weight is 197 g/mol. The lowest BCUT2D eigenvalue weighted by atomic mass is 10.0. The maximum atomic E-state index is 12.0. The number of hydrogen-bond acceptors (Lipinski definition) is 2. The second-order valence-electron chi connectivity index (χ2n) is 4.59. The molecule has 0 bridgehead atoms. The minimum Gasteiger partial charge on any atom is -0.375 e. The van der Waals surface area contributed by atoms with Crippen LogP contribution >= 0.6 is 0 Å². The lowest BCUT2D eigenvalue weighted by Crippen LogP contribution is -2.46. The average Bonchev–Trinajstić information content (AvgIpc) is 2.99. The first-order chi connectivity index (χ1) is 6.68. The van der Waals surface area contributed by atoms with E-state index in [1.54, 1.807) is 0 Å². The Bertz CT molecular complexity index is 225. The number of rotatable bonds is 2. The van der Waals surface area contributed by atoms with Crippen molar-refractivity contribution in [1.82, 2.24) is 4.90 Å². The first kappa shape index (κ1) is 9.97. The number of amides is 1. The van der Waals surface area contributed by atoms with E-state index in [0.717, 1.165) is 13.1 Å². The molecule has 1 aliphatic carbocycles. The van der Waals surface area contributed by atoms with Crippen LogP contribution in [0.3, 0.4) is 0 Å². The van der Waals surface area contributed by atoms with E-state index in [9.17, 15) is 4.79 Å². The maximum Gasteiger partial charge on any atom is 0.225 e. The number of nitrogens with zero attached hydrogens (tertiary/aromatic N) is 1. The zero-order chi connectivity index (χ0) is 10.1. The molecule has 3 nitrogen and oxygen atoms in total. The predicted molar refractivity (Wildman–Crippen MR) is 53.9 cm³/mol. The Kier molecular flexibility index (Phi) is 2.77. The van der Waals surface area contributed by atoms with Crippen molar-refractivity contribution in [3.05, 3.63) is 0 Å². The molecular weight excluding hydrogens is 178 g/mol. The van der Waals surface area contributed by atoms with Crippen molar-refractivity contribution in [2.45, 2.75) is 32.8 Å². The molecule has 0 aromatic rings. The fourth-order valence-corrected chi connectivity index (χ4v) is 2.10. The summed E-state index contributed by atoms with van der Waals surface area (Å²) in [5.41, 5.74) is 0. The van der Waals surface area contributed by atoms with Gasteiger partial charge in [0.25, 0.3) is 0 Å². The van der Waals surface area contributed by atoms with Gasteiger partial charge in [0.05, 0.1) is 12.7 Å². The van der Waals surface area contributed by atoms with Gasteiger partial charge in [0.1, 0.15) is 0 Å². The van der Waals surface area contributed by atoms with Gasteiger partial charge in [0.15, 0.2) is 0 Å². The highest BCUT2D eigenvalue weighted by Gasteiger charge is 2.35. The van der Waals surface area contributed by atoms with E-state index in [1.807, 2.05) is 11.8 Å². The van der Waals surface area contributed by atoms with Crippen LogP contribution in [0.2, 0.25) is 0 Å². The van der Waals surface area contributed by atoms with Crippen molar-refractivity contribution < 1.29 is 9.53 Å². The number of ether oxygens (including phenoxy) is 1. The third-order valence-electron chi connectivity index (χ3n) is 3.27. The van der Waals surface area contributed by atoms with Gasteiger partial charge < -0.3 is 9.64 Å². The molecule has 2 aliphatic rings. The van der Waals surface area contributed by atoms with E-state index in [1.165, 1.54) is 12.8 Å². The molecule has 3 heteroatoms.